The Labute approximate surface area is 642 Å². The van der Waals surface area contributed by atoms with Gasteiger partial charge in [0.15, 0.2) is 0 Å². The maximum Gasteiger partial charge on any atom is 0.0701 e. The summed E-state index contributed by atoms with van der Waals surface area (Å²) in [6, 6.07) is 0. The molecule has 0 fully saturated rings. The molecule has 646 valence electrons. The monoisotopic (exact) mass is 1580 g/mol. The minimum Gasteiger partial charge on any atom is -0.394 e. The van der Waals surface area contributed by atoms with E-state index in [9.17, 15) is 0 Å². The molecule has 0 atom stereocenters. The fraction of sp³-hybridized carbons (Fsp3) is 1.00. The average Bonchev–Trinajstić information content (AvgIpc) is 3.89. The molecule has 38 nitrogen and oxygen atoms in total. The molecule has 0 amide bonds. The predicted octanol–water partition coefficient (Wildman–Crippen LogP) is 0.853. The zero-order valence-electron chi connectivity index (χ0n) is 65.2. The first kappa shape index (κ1) is 106. The second-order valence-electron chi connectivity index (χ2n) is 21.5. The molecule has 0 aromatic heterocycles. The van der Waals surface area contributed by atoms with E-state index in [2.05, 4.69) is 10.0 Å². The van der Waals surface area contributed by atoms with Gasteiger partial charge in [0.05, 0.1) is 456 Å². The van der Waals surface area contributed by atoms with Crippen molar-refractivity contribution in [1.82, 2.24) is 0 Å². The second-order valence-corrected chi connectivity index (χ2v) is 21.5. The van der Waals surface area contributed by atoms with Gasteiger partial charge in [-0.1, -0.05) is 5.11 Å². The highest BCUT2D eigenvalue weighted by molar-refractivity contribution is 4.47. The van der Waals surface area contributed by atoms with Crippen LogP contribution >= 0.6 is 0 Å². The molecule has 0 aliphatic carbocycles. The summed E-state index contributed by atoms with van der Waals surface area (Å²) in [5.74, 6) is 0. The largest absolute Gasteiger partial charge is 0.394 e. The Morgan fingerprint density at radius 2 is 0.204 bits per heavy atom. The number of aliphatic hydroxyl groups excluding tert-OH is 1. The molecule has 1 N–H and O–H groups in total. The Kier molecular flexibility index (Phi) is 103. The molecule has 0 aliphatic heterocycles. The van der Waals surface area contributed by atoms with Crippen LogP contribution in [-0.2, 0) is 161 Å². The van der Waals surface area contributed by atoms with Crippen LogP contribution in [-0.4, -0.2) is 468 Å². The predicted molar refractivity (Wildman–Crippen MR) is 389 cm³/mol. The van der Waals surface area contributed by atoms with E-state index in [0.29, 0.717) is 456 Å². The van der Waals surface area contributed by atoms with Gasteiger partial charge in [-0.2, -0.15) is 0 Å². The van der Waals surface area contributed by atoms with Gasteiger partial charge in [0.2, 0.25) is 0 Å². The average molecular weight is 1580 g/mol. The lowest BCUT2D eigenvalue weighted by Gasteiger charge is -2.09. The van der Waals surface area contributed by atoms with Gasteiger partial charge in [-0.3, -0.25) is 0 Å². The van der Waals surface area contributed by atoms with Crippen LogP contribution in [0.1, 0.15) is 0 Å². The van der Waals surface area contributed by atoms with E-state index in [0.717, 1.165) is 0 Å². The summed E-state index contributed by atoms with van der Waals surface area (Å²) in [6.07, 6.45) is 0. The van der Waals surface area contributed by atoms with Gasteiger partial charge in [-0.05, 0) is 5.53 Å². The summed E-state index contributed by atoms with van der Waals surface area (Å²) in [4.78, 5) is 2.65. The van der Waals surface area contributed by atoms with Gasteiger partial charge in [-0.15, -0.1) is 0 Å². The Hall–Kier alpha value is -2.09. The van der Waals surface area contributed by atoms with Crippen LogP contribution in [0.4, 0.5) is 0 Å². The number of aliphatic hydroxyl groups is 1. The summed E-state index contributed by atoms with van der Waals surface area (Å²) >= 11 is 0. The molecule has 0 bridgehead atoms. The third kappa shape index (κ3) is 104. The lowest BCUT2D eigenvalue weighted by molar-refractivity contribution is -0.0327. The van der Waals surface area contributed by atoms with Crippen LogP contribution in [0.3, 0.4) is 0 Å². The number of hydrogen-bond acceptors (Lipinski definition) is 36. The fourth-order valence-corrected chi connectivity index (χ4v) is 7.57. The SMILES string of the molecule is [N-]=[N+]=NCCOCCOCCOCCOCCOCCOCCOCCOCCOCCOCCOCCOCCOCCOCCOCCOCCOCCOCCOCCOCCOCCOCCOCCOCCOCCOCCOCCOCCOCCOCCOCCOCCOCCOCCO. The summed E-state index contributed by atoms with van der Waals surface area (Å²) in [7, 11) is 0. The van der Waals surface area contributed by atoms with Crippen LogP contribution in [0.15, 0.2) is 5.11 Å². The smallest absolute Gasteiger partial charge is 0.0701 e. The highest BCUT2D eigenvalue weighted by Crippen LogP contribution is 1.94. The third-order valence-electron chi connectivity index (χ3n) is 12.9. The van der Waals surface area contributed by atoms with Gasteiger partial charge >= 0.3 is 0 Å². The third-order valence-corrected chi connectivity index (χ3v) is 12.9. The lowest BCUT2D eigenvalue weighted by atomic mass is 10.6. The fourth-order valence-electron chi connectivity index (χ4n) is 7.57. The number of ether oxygens (including phenoxy) is 34. The number of rotatable bonds is 104. The lowest BCUT2D eigenvalue weighted by Crippen LogP contribution is -2.16. The van der Waals surface area contributed by atoms with E-state index >= 15 is 0 Å². The minimum atomic E-state index is 0.0152. The van der Waals surface area contributed by atoms with E-state index in [1.165, 1.54) is 0 Å². The summed E-state index contributed by atoms with van der Waals surface area (Å²) in [5, 5.41) is 12.0. The highest BCUT2D eigenvalue weighted by Gasteiger charge is 2.03. The van der Waals surface area contributed by atoms with Gasteiger partial charge < -0.3 is 166 Å². The Morgan fingerprint density at radius 3 is 0.278 bits per heavy atom. The summed E-state index contributed by atoms with van der Waals surface area (Å²) in [5.41, 5.74) is 8.18. The molecular weight excluding hydrogens is 1440 g/mol. The van der Waals surface area contributed by atoms with Gasteiger partial charge in [0, 0.05) is 11.5 Å². The maximum absolute atomic E-state index is 8.62. The molecule has 38 heteroatoms. The van der Waals surface area contributed by atoms with Crippen molar-refractivity contribution in [1.29, 1.82) is 0 Å². The van der Waals surface area contributed by atoms with Crippen molar-refractivity contribution in [2.75, 3.05) is 462 Å². The molecule has 0 rings (SSSR count). The molecular formula is C70H141N3O35. The summed E-state index contributed by atoms with van der Waals surface area (Å²) < 4.78 is 187. The van der Waals surface area contributed by atoms with Crippen LogP contribution in [0, 0.1) is 0 Å². The molecule has 108 heavy (non-hydrogen) atoms. The first-order chi connectivity index (χ1) is 53.9. The standard InChI is InChI=1S/C70H141N3O35/c71-73-72-1-3-75-5-7-77-9-11-79-13-15-81-17-19-83-21-23-85-25-27-87-29-31-89-33-35-91-37-39-93-41-43-95-45-47-97-49-51-99-53-55-101-57-59-103-61-63-105-65-67-107-69-70-108-68-66-106-64-62-104-60-58-102-56-54-100-52-50-98-48-46-96-44-42-94-40-38-92-36-34-90-32-30-88-28-26-86-24-22-84-20-18-82-16-14-80-12-10-78-8-6-76-4-2-74/h74H,1-70H2. The molecule has 0 aliphatic rings. The van der Waals surface area contributed by atoms with E-state index in [1.54, 1.807) is 0 Å². The van der Waals surface area contributed by atoms with Crippen molar-refractivity contribution in [2.24, 2.45) is 5.11 Å². The molecule has 0 radical (unpaired) electrons. The van der Waals surface area contributed by atoms with E-state index < -0.39 is 0 Å². The highest BCUT2D eigenvalue weighted by atomic mass is 16.6. The van der Waals surface area contributed by atoms with Crippen molar-refractivity contribution >= 4 is 0 Å². The first-order valence-electron chi connectivity index (χ1n) is 38.2. The van der Waals surface area contributed by atoms with Gasteiger partial charge in [0.25, 0.3) is 0 Å². The molecule has 0 aromatic rings. The Morgan fingerprint density at radius 1 is 0.130 bits per heavy atom. The Bertz CT molecular complexity index is 1620. The zero-order chi connectivity index (χ0) is 77.0. The van der Waals surface area contributed by atoms with Crippen molar-refractivity contribution in [2.45, 2.75) is 0 Å². The van der Waals surface area contributed by atoms with Crippen molar-refractivity contribution in [3.05, 3.63) is 10.4 Å². The number of azide groups is 1. The van der Waals surface area contributed by atoms with Crippen LogP contribution < -0.4 is 0 Å². The molecule has 0 heterocycles. The molecule has 0 saturated heterocycles. The quantitative estimate of drug-likeness (QED) is 0.0382. The molecule has 0 unspecified atom stereocenters. The molecule has 0 aromatic carbocycles. The van der Waals surface area contributed by atoms with E-state index in [4.69, 9.17) is 172 Å². The molecule has 0 spiro atoms. The van der Waals surface area contributed by atoms with Gasteiger partial charge in [-0.25, -0.2) is 0 Å². The first-order valence-corrected chi connectivity index (χ1v) is 38.2. The second kappa shape index (κ2) is 105. The van der Waals surface area contributed by atoms with E-state index in [1.807, 2.05) is 0 Å². The summed E-state index contributed by atoms with van der Waals surface area (Å²) in [6.45, 7) is 32.6. The zero-order valence-corrected chi connectivity index (χ0v) is 65.2. The topological polar surface area (TPSA) is 383 Å². The van der Waals surface area contributed by atoms with E-state index in [-0.39, 0.29) is 6.61 Å². The van der Waals surface area contributed by atoms with Crippen molar-refractivity contribution < 1.29 is 166 Å². The van der Waals surface area contributed by atoms with Crippen molar-refractivity contribution in [3.63, 3.8) is 0 Å². The van der Waals surface area contributed by atoms with Crippen LogP contribution in [0.2, 0.25) is 0 Å². The number of nitrogens with zero attached hydrogens (tertiary/aromatic N) is 3. The maximum atomic E-state index is 8.62. The van der Waals surface area contributed by atoms with Gasteiger partial charge in [0.1, 0.15) is 0 Å². The normalized spacial score (nSPS) is 11.7. The minimum absolute atomic E-state index is 0.0152. The Balaban J connectivity index is 3.10. The van der Waals surface area contributed by atoms with Crippen LogP contribution in [0.25, 0.3) is 10.4 Å². The number of hydrogen-bond donors (Lipinski definition) is 1. The molecule has 0 saturated carbocycles. The van der Waals surface area contributed by atoms with Crippen molar-refractivity contribution in [3.8, 4) is 0 Å². The van der Waals surface area contributed by atoms with Crippen LogP contribution in [0.5, 0.6) is 0 Å².